The number of Topliss-reactive ketones (excluding diaryl/α,β-unsaturated/α-hetero) is 1. The van der Waals surface area contributed by atoms with Crippen LogP contribution in [-0.2, 0) is 38.2 Å². The Hall–Kier alpha value is -6.74. The number of aliphatic hydroxyl groups excluding tert-OH is 2. The number of ketones is 2. The molecule has 7 N–H and O–H groups in total. The minimum atomic E-state index is -2.50. The van der Waals surface area contributed by atoms with Crippen LogP contribution in [-0.4, -0.2) is 76.8 Å². The number of carboxylic acids is 2. The van der Waals surface area contributed by atoms with Gasteiger partial charge in [0.15, 0.2) is 28.8 Å². The van der Waals surface area contributed by atoms with Crippen LogP contribution < -0.4 is 0 Å². The van der Waals surface area contributed by atoms with Crippen molar-refractivity contribution in [1.82, 2.24) is 0 Å². The number of carbonyl (C=O) groups excluding carboxylic acids is 4. The van der Waals surface area contributed by atoms with E-state index in [4.69, 9.17) is 9.47 Å². The van der Waals surface area contributed by atoms with E-state index in [0.717, 1.165) is 30.3 Å². The number of hydrogen-bond donors (Lipinski definition) is 7. The first-order valence-electron chi connectivity index (χ1n) is 14.7. The lowest BCUT2D eigenvalue weighted by Crippen LogP contribution is -2.55. The van der Waals surface area contributed by atoms with Crippen LogP contribution in [0.2, 0.25) is 0 Å². The highest BCUT2D eigenvalue weighted by Gasteiger charge is 2.67. The molecular weight excluding hydrogens is 660 g/mol. The van der Waals surface area contributed by atoms with E-state index in [1.165, 1.54) is 30.3 Å². The van der Waals surface area contributed by atoms with Gasteiger partial charge in [0.05, 0.1) is 5.92 Å². The van der Waals surface area contributed by atoms with Gasteiger partial charge in [-0.05, 0) is 52.6 Å². The van der Waals surface area contributed by atoms with Crippen molar-refractivity contribution in [2.24, 2.45) is 17.8 Å². The summed E-state index contributed by atoms with van der Waals surface area (Å²) >= 11 is 0. The Balaban J connectivity index is 1.41. The molecule has 0 spiro atoms. The van der Waals surface area contributed by atoms with Crippen LogP contribution >= 0.6 is 0 Å². The lowest BCUT2D eigenvalue weighted by molar-refractivity contribution is -0.146. The van der Waals surface area contributed by atoms with E-state index < -0.39 is 116 Å². The van der Waals surface area contributed by atoms with E-state index in [0.29, 0.717) is 0 Å². The fraction of sp³-hybridized carbons (Fsp3) is 0.143. The normalized spacial score (nSPS) is 27.6. The van der Waals surface area contributed by atoms with Gasteiger partial charge in [-0.15, -0.1) is 0 Å². The van der Waals surface area contributed by atoms with Gasteiger partial charge < -0.3 is 45.2 Å². The lowest BCUT2D eigenvalue weighted by atomic mass is 9.60. The Morgan fingerprint density at radius 1 is 0.680 bits per heavy atom. The Kier molecular flexibility index (Phi) is 6.94. The minimum absolute atomic E-state index is 0.0721. The van der Waals surface area contributed by atoms with Crippen molar-refractivity contribution in [3.05, 3.63) is 117 Å². The van der Waals surface area contributed by atoms with E-state index in [1.54, 1.807) is 0 Å². The first-order valence-corrected chi connectivity index (χ1v) is 14.7. The van der Waals surface area contributed by atoms with Crippen molar-refractivity contribution >= 4 is 46.6 Å². The van der Waals surface area contributed by atoms with Crippen molar-refractivity contribution in [3.8, 4) is 11.5 Å². The Bertz CT molecular complexity index is 2210. The van der Waals surface area contributed by atoms with E-state index in [-0.39, 0.29) is 28.2 Å². The number of aliphatic carboxylic acids is 2. The van der Waals surface area contributed by atoms with Crippen LogP contribution in [0.5, 0.6) is 11.5 Å². The molecule has 0 radical (unpaired) electrons. The van der Waals surface area contributed by atoms with Crippen LogP contribution in [0.3, 0.4) is 0 Å². The van der Waals surface area contributed by atoms with Crippen LogP contribution in [0.1, 0.15) is 17.5 Å². The topological polar surface area (TPSA) is 262 Å². The predicted molar refractivity (Wildman–Crippen MR) is 163 cm³/mol. The molecular formula is C35H22O15. The number of aromatic hydroxyl groups is 2. The number of carbonyl (C=O) groups is 6. The molecule has 2 heterocycles. The van der Waals surface area contributed by atoms with Gasteiger partial charge in [0, 0.05) is 18.3 Å². The molecule has 0 amide bonds. The number of aliphatic hydroxyl groups is 3. The van der Waals surface area contributed by atoms with E-state index in [2.05, 4.69) is 0 Å². The summed E-state index contributed by atoms with van der Waals surface area (Å²) in [6.07, 6.45) is 1.57. The van der Waals surface area contributed by atoms with Crippen LogP contribution in [0.4, 0.5) is 0 Å². The van der Waals surface area contributed by atoms with Crippen LogP contribution in [0.25, 0.3) is 11.1 Å². The molecule has 2 aliphatic heterocycles. The number of phenolic OH excluding ortho intramolecular Hbond substituents is 2. The number of rotatable bonds is 6. The van der Waals surface area contributed by atoms with Crippen molar-refractivity contribution in [2.75, 3.05) is 0 Å². The first kappa shape index (κ1) is 31.8. The number of esters is 2. The Morgan fingerprint density at radius 3 is 1.56 bits per heavy atom. The van der Waals surface area contributed by atoms with E-state index in [9.17, 15) is 64.5 Å². The fourth-order valence-electron chi connectivity index (χ4n) is 7.23. The SMILES string of the molecule is O=C1O/C(=C(/C(=O)O)c2ccc(O)cc2)C(O)=C1C1=C[C@H]2C(C3=C(O)/C(=C(\C(=O)O)c4ccc(O)cc4)OC3=O)=CC(=O)[C@@]3(O)[C@@H]1C(=O)C[C@@H]23. The van der Waals surface area contributed by atoms with Crippen molar-refractivity contribution in [2.45, 2.75) is 12.0 Å². The molecule has 50 heavy (non-hydrogen) atoms. The second kappa shape index (κ2) is 10.9. The highest BCUT2D eigenvalue weighted by molar-refractivity contribution is 6.20. The molecule has 5 aliphatic rings. The highest BCUT2D eigenvalue weighted by Crippen LogP contribution is 2.59. The van der Waals surface area contributed by atoms with Gasteiger partial charge >= 0.3 is 23.9 Å². The molecule has 15 heteroatoms. The van der Waals surface area contributed by atoms with Gasteiger partial charge in [-0.3, -0.25) is 9.59 Å². The van der Waals surface area contributed by atoms with E-state index in [1.807, 2.05) is 0 Å². The van der Waals surface area contributed by atoms with Gasteiger partial charge in [0.25, 0.3) is 0 Å². The summed E-state index contributed by atoms with van der Waals surface area (Å²) in [6.45, 7) is 0. The molecule has 4 atom stereocenters. The number of cyclic esters (lactones) is 2. The summed E-state index contributed by atoms with van der Waals surface area (Å²) < 4.78 is 10.4. The van der Waals surface area contributed by atoms with Crippen LogP contribution in [0, 0.1) is 17.8 Å². The third-order valence-electron chi connectivity index (χ3n) is 9.37. The number of ether oxygens (including phenoxy) is 2. The quantitative estimate of drug-likeness (QED) is 0.170. The van der Waals surface area contributed by atoms with Gasteiger partial charge in [0.1, 0.15) is 45.2 Å². The summed E-state index contributed by atoms with van der Waals surface area (Å²) in [5.41, 5.74) is -6.13. The van der Waals surface area contributed by atoms with Gasteiger partial charge in [-0.25, -0.2) is 19.2 Å². The van der Waals surface area contributed by atoms with Crippen molar-refractivity contribution in [3.63, 3.8) is 0 Å². The van der Waals surface area contributed by atoms with Crippen molar-refractivity contribution in [1.29, 1.82) is 0 Å². The van der Waals surface area contributed by atoms with Crippen molar-refractivity contribution < 1.29 is 74.0 Å². The minimum Gasteiger partial charge on any atom is -0.508 e. The highest BCUT2D eigenvalue weighted by atomic mass is 16.6. The maximum atomic E-state index is 13.7. The molecule has 2 aromatic rings. The molecule has 0 saturated heterocycles. The second-order valence-electron chi connectivity index (χ2n) is 12.0. The monoisotopic (exact) mass is 682 g/mol. The third kappa shape index (κ3) is 4.40. The molecule has 15 nitrogen and oxygen atoms in total. The van der Waals surface area contributed by atoms with E-state index >= 15 is 0 Å². The molecule has 0 aromatic heterocycles. The number of allylic oxidation sites excluding steroid dienone is 1. The Morgan fingerprint density at radius 2 is 1.12 bits per heavy atom. The molecule has 2 aromatic carbocycles. The molecule has 3 aliphatic carbocycles. The lowest BCUT2D eigenvalue weighted by Gasteiger charge is -2.44. The average Bonchev–Trinajstić information content (AvgIpc) is 3.56. The standard InChI is InChI=1S/C35H22O15/c36-14-5-1-12(2-6-14)22(31(42)43)29-27(40)24(33(46)49-29)17-10-21(39)35(48)19-11-20(38)26(35)18(9-16(17)19)25-28(41)30(50-34(25)47)23(32(44)45)13-3-7-15(37)8-4-13/h1-10,16,19,26,36-37,40-41,48H,11H2,(H,42,43)(H,44,45)/b29-22+,30-23+/t16-,19-,26-,35+/m0/s1. The maximum Gasteiger partial charge on any atom is 0.347 e. The van der Waals surface area contributed by atoms with Gasteiger partial charge in [-0.1, -0.05) is 30.3 Å². The zero-order chi connectivity index (χ0) is 36.0. The average molecular weight is 683 g/mol. The molecule has 7 rings (SSSR count). The molecule has 252 valence electrons. The molecule has 1 saturated carbocycles. The smallest absolute Gasteiger partial charge is 0.347 e. The number of phenols is 2. The second-order valence-corrected chi connectivity index (χ2v) is 12.0. The van der Waals surface area contributed by atoms with Gasteiger partial charge in [-0.2, -0.15) is 0 Å². The predicted octanol–water partition coefficient (Wildman–Crippen LogP) is 2.13. The summed E-state index contributed by atoms with van der Waals surface area (Å²) in [6, 6.07) is 9.36. The summed E-state index contributed by atoms with van der Waals surface area (Å²) in [4.78, 5) is 78.3. The number of benzene rings is 2. The molecule has 4 bridgehead atoms. The van der Waals surface area contributed by atoms with Crippen LogP contribution in [0.15, 0.2) is 106 Å². The fourth-order valence-corrected chi connectivity index (χ4v) is 7.23. The first-order chi connectivity index (χ1) is 23.6. The number of hydrogen-bond acceptors (Lipinski definition) is 13. The zero-order valence-corrected chi connectivity index (χ0v) is 25.1. The summed E-state index contributed by atoms with van der Waals surface area (Å²) in [7, 11) is 0. The summed E-state index contributed by atoms with van der Waals surface area (Å²) in [5.74, 6) is -16.0. The number of carboxylic acid groups (broad SMARTS) is 2. The third-order valence-corrected chi connectivity index (χ3v) is 9.37. The summed E-state index contributed by atoms with van der Waals surface area (Å²) in [5, 5.41) is 73.6. The van der Waals surface area contributed by atoms with Gasteiger partial charge in [0.2, 0.25) is 0 Å². The maximum absolute atomic E-state index is 13.7. The molecule has 1 fully saturated rings. The Labute approximate surface area is 278 Å². The molecule has 0 unspecified atom stereocenters. The zero-order valence-electron chi connectivity index (χ0n) is 25.1. The largest absolute Gasteiger partial charge is 0.508 e.